The number of imidazole rings is 2. The summed E-state index contributed by atoms with van der Waals surface area (Å²) in [6.45, 7) is 5.77. The first-order valence-electron chi connectivity index (χ1n) is 26.6. The highest BCUT2D eigenvalue weighted by molar-refractivity contribution is 7.99. The van der Waals surface area contributed by atoms with Crippen molar-refractivity contribution in [1.29, 1.82) is 0 Å². The fraction of sp³-hybridized carbons (Fsp3) is 0.404. The zero-order valence-corrected chi connectivity index (χ0v) is 50.7. The molecule has 2 aliphatic carbocycles. The van der Waals surface area contributed by atoms with Gasteiger partial charge in [0.2, 0.25) is 11.8 Å². The van der Waals surface area contributed by atoms with Crippen LogP contribution in [-0.2, 0) is 48.3 Å². The molecule has 0 radical (unpaired) electrons. The van der Waals surface area contributed by atoms with Crippen LogP contribution < -0.4 is 19.6 Å². The van der Waals surface area contributed by atoms with Gasteiger partial charge in [-0.15, -0.1) is 23.5 Å². The number of hydrogen-bond acceptors (Lipinski definition) is 14. The SMILES string of the molecule is CC(=O)c1cnc(SCc2cc(Cl)c(CN3CSC[C@H]3C(=O)N3CCN(C4CC4)c4ccccc43)cc2Cl)n1C.Cn1c(C(=O)O)cnc1SCc1cc(Cl)c(CN2CSC[C@H]2C(=O)N2CCN(C3CC3)c3ccccc32)cc1Cl. The summed E-state index contributed by atoms with van der Waals surface area (Å²) >= 11 is 33.3. The molecule has 6 aromatic rings. The lowest BCUT2D eigenvalue weighted by Gasteiger charge is -2.39. The number of anilines is 4. The normalized spacial score (nSPS) is 19.2. The van der Waals surface area contributed by atoms with Gasteiger partial charge in [-0.1, -0.05) is 94.2 Å². The van der Waals surface area contributed by atoms with Crippen molar-refractivity contribution in [3.05, 3.63) is 139 Å². The van der Waals surface area contributed by atoms with E-state index in [-0.39, 0.29) is 35.4 Å². The van der Waals surface area contributed by atoms with Crippen molar-refractivity contribution in [2.24, 2.45) is 14.1 Å². The van der Waals surface area contributed by atoms with Crippen LogP contribution in [0, 0.1) is 0 Å². The van der Waals surface area contributed by atoms with Gasteiger partial charge in [0.25, 0.3) is 0 Å². The number of benzene rings is 4. The summed E-state index contributed by atoms with van der Waals surface area (Å²) in [4.78, 5) is 72.7. The van der Waals surface area contributed by atoms with Gasteiger partial charge in [0.15, 0.2) is 16.1 Å². The Morgan fingerprint density at radius 3 is 1.35 bits per heavy atom. The number of carboxylic acid groups (broad SMARTS) is 1. The van der Waals surface area contributed by atoms with Crippen LogP contribution in [-0.4, -0.2) is 131 Å². The molecule has 2 aromatic heterocycles. The fourth-order valence-corrected chi connectivity index (χ4v) is 16.3. The van der Waals surface area contributed by atoms with E-state index < -0.39 is 5.97 Å². The average molecular weight is 1240 g/mol. The molecule has 1 N–H and O–H groups in total. The molecule has 6 aliphatic rings. The Kier molecular flexibility index (Phi) is 17.7. The number of aromatic carboxylic acids is 1. The molecule has 23 heteroatoms. The third-order valence-electron chi connectivity index (χ3n) is 15.5. The molecule has 12 rings (SSSR count). The summed E-state index contributed by atoms with van der Waals surface area (Å²) < 4.78 is 3.34. The zero-order chi connectivity index (χ0) is 55.9. The topological polar surface area (TPSA) is 144 Å². The summed E-state index contributed by atoms with van der Waals surface area (Å²) in [6.07, 6.45) is 7.87. The monoisotopic (exact) mass is 1230 g/mol. The molecule has 15 nitrogen and oxygen atoms in total. The first kappa shape index (κ1) is 57.3. The molecule has 6 heterocycles. The van der Waals surface area contributed by atoms with Crippen molar-refractivity contribution in [1.82, 2.24) is 28.9 Å². The number of hydrogen-bond donors (Lipinski definition) is 1. The number of carbonyl (C=O) groups is 4. The second-order valence-electron chi connectivity index (χ2n) is 20.8. The molecular weight excluding hydrogens is 1170 g/mol. The van der Waals surface area contributed by atoms with Gasteiger partial charge in [-0.05, 0) is 96.5 Å². The third-order valence-corrected chi connectivity index (χ3v) is 21.2. The number of thioether (sulfide) groups is 4. The minimum absolute atomic E-state index is 0.0196. The number of nitrogens with zero attached hydrogens (tertiary/aromatic N) is 10. The van der Waals surface area contributed by atoms with Crippen LogP contribution in [0.5, 0.6) is 0 Å². The van der Waals surface area contributed by atoms with Gasteiger partial charge in [0.05, 0.1) is 47.2 Å². The Morgan fingerprint density at radius 1 is 0.575 bits per heavy atom. The Hall–Kier alpha value is -4.54. The lowest BCUT2D eigenvalue weighted by atomic mass is 10.1. The predicted molar refractivity (Wildman–Crippen MR) is 327 cm³/mol. The van der Waals surface area contributed by atoms with E-state index in [4.69, 9.17) is 46.4 Å². The van der Waals surface area contributed by atoms with Crippen LogP contribution in [0.4, 0.5) is 22.7 Å². The maximum Gasteiger partial charge on any atom is 0.354 e. The Bertz CT molecular complexity index is 3140. The second-order valence-corrected chi connectivity index (χ2v) is 26.3. The molecule has 0 bridgehead atoms. The van der Waals surface area contributed by atoms with Gasteiger partial charge in [-0.2, -0.15) is 0 Å². The van der Waals surface area contributed by atoms with Gasteiger partial charge >= 0.3 is 5.97 Å². The molecule has 2 saturated heterocycles. The van der Waals surface area contributed by atoms with Gasteiger partial charge in [-0.25, -0.2) is 14.8 Å². The number of aromatic nitrogens is 4. The Labute approximate surface area is 503 Å². The highest BCUT2D eigenvalue weighted by atomic mass is 35.5. The van der Waals surface area contributed by atoms with Gasteiger partial charge in [0.1, 0.15) is 11.4 Å². The average Bonchev–Trinajstić information content (AvgIpc) is 4.31. The zero-order valence-electron chi connectivity index (χ0n) is 44.4. The summed E-state index contributed by atoms with van der Waals surface area (Å²) in [5, 5.41) is 13.0. The van der Waals surface area contributed by atoms with E-state index in [1.54, 1.807) is 45.9 Å². The molecule has 2 amide bonds. The number of para-hydroxylation sites is 4. The highest BCUT2D eigenvalue weighted by Gasteiger charge is 2.42. The van der Waals surface area contributed by atoms with Crippen LogP contribution in [0.15, 0.2) is 95.5 Å². The van der Waals surface area contributed by atoms with Gasteiger partial charge < -0.3 is 33.8 Å². The van der Waals surface area contributed by atoms with Crippen LogP contribution >= 0.6 is 93.5 Å². The van der Waals surface area contributed by atoms with E-state index in [0.29, 0.717) is 80.7 Å². The number of Topliss-reactive ketones (excluding diaryl/α,β-unsaturated/α-hetero) is 1. The summed E-state index contributed by atoms with van der Waals surface area (Å²) in [5.41, 5.74) is 8.60. The van der Waals surface area contributed by atoms with Crippen molar-refractivity contribution >= 4 is 140 Å². The van der Waals surface area contributed by atoms with Crippen molar-refractivity contribution in [2.45, 2.75) is 91.7 Å². The summed E-state index contributed by atoms with van der Waals surface area (Å²) in [6, 6.07) is 24.9. The molecule has 4 fully saturated rings. The van der Waals surface area contributed by atoms with Gasteiger partial charge in [0, 0.05) is 127 Å². The minimum atomic E-state index is -1.02. The minimum Gasteiger partial charge on any atom is -0.477 e. The first-order chi connectivity index (χ1) is 38.6. The predicted octanol–water partition coefficient (Wildman–Crippen LogP) is 11.7. The van der Waals surface area contributed by atoms with Crippen molar-refractivity contribution in [3.8, 4) is 0 Å². The lowest BCUT2D eigenvalue weighted by molar-refractivity contribution is -0.123. The molecule has 0 spiro atoms. The highest BCUT2D eigenvalue weighted by Crippen LogP contribution is 2.43. The van der Waals surface area contributed by atoms with Gasteiger partial charge in [-0.3, -0.25) is 24.2 Å². The standard InChI is InChI=1S/C29H31Cl2N5O2S2.C28H29Cl2N5O3S2/c1-18(37)26-13-32-29(33(26)2)40-15-20-12-22(30)19(11-23(20)31)14-34-17-39-16-27(34)28(38)36-10-9-35(21-7-8-21)24-5-3-4-6-25(24)36;1-32-24(27(37)38)12-31-28(32)40-14-18-11-20(29)17(10-21(18)30)13-33-16-39-15-25(33)26(36)35-9-8-34(19-6-7-19)22-4-2-3-5-23(22)35/h3-6,11-13,21,27H,7-10,14-17H2,1-2H3;2-5,10-12,19,25H,6-9,13-16H2,1H3,(H,37,38)/t27-;25-/m00/s1. The molecule has 4 aliphatic heterocycles. The maximum absolute atomic E-state index is 13.9. The molecule has 2 saturated carbocycles. The quantitative estimate of drug-likeness (QED) is 0.0724. The summed E-state index contributed by atoms with van der Waals surface area (Å²) in [5.74, 6) is 3.34. The van der Waals surface area contributed by atoms with E-state index in [0.717, 1.165) is 80.8 Å². The Morgan fingerprint density at radius 2 is 0.963 bits per heavy atom. The molecular formula is C57H60Cl4N10O5S4. The van der Waals surface area contributed by atoms with E-state index in [9.17, 15) is 24.3 Å². The van der Waals surface area contributed by atoms with Crippen LogP contribution in [0.25, 0.3) is 0 Å². The number of ketones is 1. The van der Waals surface area contributed by atoms with E-state index in [1.807, 2.05) is 53.2 Å². The van der Waals surface area contributed by atoms with Crippen molar-refractivity contribution < 1.29 is 24.3 Å². The largest absolute Gasteiger partial charge is 0.477 e. The van der Waals surface area contributed by atoms with Crippen molar-refractivity contribution in [2.75, 3.05) is 69.0 Å². The van der Waals surface area contributed by atoms with E-state index >= 15 is 0 Å². The van der Waals surface area contributed by atoms with Crippen LogP contribution in [0.2, 0.25) is 20.1 Å². The molecule has 80 heavy (non-hydrogen) atoms. The number of rotatable bonds is 16. The van der Waals surface area contributed by atoms with Crippen molar-refractivity contribution in [3.63, 3.8) is 0 Å². The van der Waals surface area contributed by atoms with E-state index in [2.05, 4.69) is 66.0 Å². The van der Waals surface area contributed by atoms with E-state index in [1.165, 1.54) is 68.0 Å². The number of amides is 2. The molecule has 4 aromatic carbocycles. The first-order valence-corrected chi connectivity index (χ1v) is 32.4. The molecule has 420 valence electrons. The molecule has 0 unspecified atom stereocenters. The van der Waals surface area contributed by atoms with Crippen LogP contribution in [0.3, 0.4) is 0 Å². The number of halogens is 4. The Balaban J connectivity index is 0.000000169. The second kappa shape index (κ2) is 24.7. The number of carbonyl (C=O) groups excluding carboxylic acids is 3. The number of fused-ring (bicyclic) bond motifs is 2. The lowest BCUT2D eigenvalue weighted by Crippen LogP contribution is -2.52. The fourth-order valence-electron chi connectivity index (χ4n) is 10.9. The molecule has 2 atom stereocenters. The summed E-state index contributed by atoms with van der Waals surface area (Å²) in [7, 11) is 3.51. The third kappa shape index (κ3) is 12.2. The number of carboxylic acids is 1. The maximum atomic E-state index is 13.9. The van der Waals surface area contributed by atoms with Crippen LogP contribution in [0.1, 0.15) is 75.8 Å². The smallest absolute Gasteiger partial charge is 0.354 e.